The minimum Gasteiger partial charge on any atom is -0.384 e. The monoisotopic (exact) mass is 311 g/mol. The average Bonchev–Trinajstić information content (AvgIpc) is 2.92. The summed E-state index contributed by atoms with van der Waals surface area (Å²) < 4.78 is 25.9. The normalized spacial score (nSPS) is 22.7. The smallest absolute Gasteiger partial charge is 0.244 e. The summed E-state index contributed by atoms with van der Waals surface area (Å²) in [6.07, 6.45) is 3.56. The highest BCUT2D eigenvalue weighted by atomic mass is 32.2. The Morgan fingerprint density at radius 2 is 1.90 bits per heavy atom. The molecule has 1 aromatic carbocycles. The van der Waals surface area contributed by atoms with Crippen LogP contribution in [0.3, 0.4) is 0 Å². The van der Waals surface area contributed by atoms with E-state index >= 15 is 0 Å². The Morgan fingerprint density at radius 3 is 2.57 bits per heavy atom. The zero-order valence-corrected chi connectivity index (χ0v) is 13.6. The molecule has 0 aromatic heterocycles. The zero-order chi connectivity index (χ0) is 15.5. The van der Waals surface area contributed by atoms with Crippen LogP contribution in [0.2, 0.25) is 0 Å². The zero-order valence-electron chi connectivity index (χ0n) is 12.7. The van der Waals surface area contributed by atoms with Crippen LogP contribution >= 0.6 is 0 Å². The number of hydrogen-bond donors (Lipinski definition) is 2. The summed E-state index contributed by atoms with van der Waals surface area (Å²) in [5.74, 6) is 1.08. The van der Waals surface area contributed by atoms with E-state index in [0.29, 0.717) is 29.0 Å². The molecule has 1 saturated carbocycles. The standard InChI is InChI=1S/C15H25N3O2S/c1-18(2)21(19,20)15-9-4-3-8-14(15)17-11-13-7-5-6-12(13)10-16/h3-4,8-9,12-13,17H,5-7,10-11,16H2,1-2H3. The van der Waals surface area contributed by atoms with E-state index in [2.05, 4.69) is 5.32 Å². The Balaban J connectivity index is 2.14. The van der Waals surface area contributed by atoms with Gasteiger partial charge in [-0.25, -0.2) is 12.7 Å². The van der Waals surface area contributed by atoms with Crippen LogP contribution in [0, 0.1) is 11.8 Å². The second-order valence-electron chi connectivity index (χ2n) is 5.85. The van der Waals surface area contributed by atoms with E-state index in [4.69, 9.17) is 5.73 Å². The maximum atomic E-state index is 12.3. The van der Waals surface area contributed by atoms with Crippen LogP contribution in [0.1, 0.15) is 19.3 Å². The van der Waals surface area contributed by atoms with Crippen LogP contribution < -0.4 is 11.1 Å². The van der Waals surface area contributed by atoms with Crippen LogP contribution in [-0.4, -0.2) is 39.9 Å². The molecule has 0 aliphatic heterocycles. The van der Waals surface area contributed by atoms with Gasteiger partial charge in [-0.1, -0.05) is 18.6 Å². The molecule has 118 valence electrons. The quantitative estimate of drug-likeness (QED) is 0.839. The molecule has 21 heavy (non-hydrogen) atoms. The lowest BCUT2D eigenvalue weighted by Crippen LogP contribution is -2.26. The van der Waals surface area contributed by atoms with E-state index in [-0.39, 0.29) is 0 Å². The number of benzene rings is 1. The summed E-state index contributed by atoms with van der Waals surface area (Å²) in [6.45, 7) is 1.49. The third-order valence-electron chi connectivity index (χ3n) is 4.32. The summed E-state index contributed by atoms with van der Waals surface area (Å²) in [4.78, 5) is 0.331. The van der Waals surface area contributed by atoms with Crippen LogP contribution in [0.4, 0.5) is 5.69 Å². The van der Waals surface area contributed by atoms with Crippen molar-refractivity contribution in [1.29, 1.82) is 0 Å². The van der Waals surface area contributed by atoms with Gasteiger partial charge in [-0.15, -0.1) is 0 Å². The summed E-state index contributed by atoms with van der Waals surface area (Å²) in [5.41, 5.74) is 6.48. The van der Waals surface area contributed by atoms with Crippen molar-refractivity contribution in [3.8, 4) is 0 Å². The number of nitrogens with two attached hydrogens (primary N) is 1. The molecule has 0 radical (unpaired) electrons. The minimum absolute atomic E-state index is 0.331. The number of para-hydroxylation sites is 1. The Kier molecular flexibility index (Phi) is 5.24. The number of anilines is 1. The van der Waals surface area contributed by atoms with E-state index < -0.39 is 10.0 Å². The lowest BCUT2D eigenvalue weighted by atomic mass is 9.96. The maximum absolute atomic E-state index is 12.3. The molecule has 1 aromatic rings. The molecule has 2 atom stereocenters. The molecule has 0 saturated heterocycles. The lowest BCUT2D eigenvalue weighted by Gasteiger charge is -2.21. The Labute approximate surface area is 127 Å². The molecular weight excluding hydrogens is 286 g/mol. The van der Waals surface area contributed by atoms with Crippen molar-refractivity contribution in [2.45, 2.75) is 24.2 Å². The Hall–Kier alpha value is -1.11. The molecule has 6 heteroatoms. The molecule has 0 heterocycles. The lowest BCUT2D eigenvalue weighted by molar-refractivity contribution is 0.414. The molecule has 0 amide bonds. The largest absolute Gasteiger partial charge is 0.384 e. The van der Waals surface area contributed by atoms with E-state index in [0.717, 1.165) is 13.0 Å². The third kappa shape index (κ3) is 3.56. The fourth-order valence-electron chi connectivity index (χ4n) is 2.97. The SMILES string of the molecule is CN(C)S(=O)(=O)c1ccccc1NCC1CCCC1CN. The van der Waals surface area contributed by atoms with Gasteiger partial charge in [0.05, 0.1) is 5.69 Å². The van der Waals surface area contributed by atoms with Crippen LogP contribution in [0.15, 0.2) is 29.2 Å². The highest BCUT2D eigenvalue weighted by molar-refractivity contribution is 7.89. The molecule has 1 fully saturated rings. The first-order chi connectivity index (χ1) is 9.96. The molecular formula is C15H25N3O2S. The van der Waals surface area contributed by atoms with E-state index in [1.807, 2.05) is 12.1 Å². The van der Waals surface area contributed by atoms with Gasteiger partial charge in [0.2, 0.25) is 10.0 Å². The summed E-state index contributed by atoms with van der Waals surface area (Å²) in [7, 11) is -0.328. The fourth-order valence-corrected chi connectivity index (χ4v) is 4.03. The molecule has 1 aliphatic rings. The second kappa shape index (κ2) is 6.77. The van der Waals surface area contributed by atoms with Crippen molar-refractivity contribution in [1.82, 2.24) is 4.31 Å². The van der Waals surface area contributed by atoms with Crippen LogP contribution in [0.25, 0.3) is 0 Å². The van der Waals surface area contributed by atoms with Gasteiger partial charge in [0, 0.05) is 20.6 Å². The highest BCUT2D eigenvalue weighted by Crippen LogP contribution is 2.32. The molecule has 0 bridgehead atoms. The number of hydrogen-bond acceptors (Lipinski definition) is 4. The predicted octanol–water partition coefficient (Wildman–Crippen LogP) is 1.72. The number of rotatable bonds is 6. The highest BCUT2D eigenvalue weighted by Gasteiger charge is 2.27. The van der Waals surface area contributed by atoms with Crippen molar-refractivity contribution in [3.05, 3.63) is 24.3 Å². The van der Waals surface area contributed by atoms with Gasteiger partial charge >= 0.3 is 0 Å². The second-order valence-corrected chi connectivity index (χ2v) is 7.97. The summed E-state index contributed by atoms with van der Waals surface area (Å²) in [5, 5.41) is 3.32. The van der Waals surface area contributed by atoms with Gasteiger partial charge in [-0.3, -0.25) is 0 Å². The molecule has 2 rings (SSSR count). The minimum atomic E-state index is -3.43. The first kappa shape index (κ1) is 16.3. The number of nitrogens with one attached hydrogen (secondary N) is 1. The summed E-state index contributed by atoms with van der Waals surface area (Å²) >= 11 is 0. The van der Waals surface area contributed by atoms with Gasteiger partial charge in [0.15, 0.2) is 0 Å². The van der Waals surface area contributed by atoms with Gasteiger partial charge in [0.1, 0.15) is 4.90 Å². The van der Waals surface area contributed by atoms with Crippen molar-refractivity contribution in [3.63, 3.8) is 0 Å². The van der Waals surface area contributed by atoms with Crippen molar-refractivity contribution in [2.24, 2.45) is 17.6 Å². The van der Waals surface area contributed by atoms with Crippen LogP contribution in [0.5, 0.6) is 0 Å². The van der Waals surface area contributed by atoms with Gasteiger partial charge in [0.25, 0.3) is 0 Å². The van der Waals surface area contributed by atoms with Crippen molar-refractivity contribution >= 4 is 15.7 Å². The first-order valence-corrected chi connectivity index (χ1v) is 8.86. The molecule has 0 spiro atoms. The van der Waals surface area contributed by atoms with E-state index in [1.165, 1.54) is 17.1 Å². The van der Waals surface area contributed by atoms with Crippen molar-refractivity contribution in [2.75, 3.05) is 32.5 Å². The molecule has 2 unspecified atom stereocenters. The fraction of sp³-hybridized carbons (Fsp3) is 0.600. The van der Waals surface area contributed by atoms with Gasteiger partial charge < -0.3 is 11.1 Å². The first-order valence-electron chi connectivity index (χ1n) is 7.42. The molecule has 1 aliphatic carbocycles. The van der Waals surface area contributed by atoms with Crippen LogP contribution in [-0.2, 0) is 10.0 Å². The third-order valence-corrected chi connectivity index (χ3v) is 6.19. The average molecular weight is 311 g/mol. The Morgan fingerprint density at radius 1 is 1.24 bits per heavy atom. The van der Waals surface area contributed by atoms with Gasteiger partial charge in [-0.05, 0) is 43.4 Å². The van der Waals surface area contributed by atoms with E-state index in [9.17, 15) is 8.42 Å². The maximum Gasteiger partial charge on any atom is 0.244 e. The molecule has 3 N–H and O–H groups in total. The number of nitrogens with zero attached hydrogens (tertiary/aromatic N) is 1. The van der Waals surface area contributed by atoms with E-state index in [1.54, 1.807) is 26.2 Å². The van der Waals surface area contributed by atoms with Crippen molar-refractivity contribution < 1.29 is 8.42 Å². The van der Waals surface area contributed by atoms with Gasteiger partial charge in [-0.2, -0.15) is 0 Å². The predicted molar refractivity (Wildman–Crippen MR) is 85.7 cm³/mol. The molecule has 5 nitrogen and oxygen atoms in total. The summed E-state index contributed by atoms with van der Waals surface area (Å²) in [6, 6.07) is 7.07. The number of sulfonamides is 1. The topological polar surface area (TPSA) is 75.4 Å². The Bertz CT molecular complexity index is 572.